The Morgan fingerprint density at radius 2 is 1.54 bits per heavy atom. The summed E-state index contributed by atoms with van der Waals surface area (Å²) in [5.74, 6) is 0. The van der Waals surface area contributed by atoms with Gasteiger partial charge in [-0.15, -0.1) is 12.4 Å². The second-order valence-corrected chi connectivity index (χ2v) is 6.06. The third kappa shape index (κ3) is 5.91. The number of benzene rings is 2. The smallest absolute Gasteiger partial charge is 0.0594 e. The molecule has 0 bridgehead atoms. The molecule has 130 valence electrons. The molecule has 0 saturated carbocycles. The van der Waals surface area contributed by atoms with Crippen molar-refractivity contribution in [1.29, 1.82) is 0 Å². The highest BCUT2D eigenvalue weighted by molar-refractivity contribution is 5.85. The summed E-state index contributed by atoms with van der Waals surface area (Å²) in [5, 5.41) is 3.75. The summed E-state index contributed by atoms with van der Waals surface area (Å²) in [5.41, 5.74) is 2.73. The van der Waals surface area contributed by atoms with Crippen LogP contribution in [0.2, 0.25) is 0 Å². The molecule has 3 rings (SSSR count). The minimum absolute atomic E-state index is 0. The highest BCUT2D eigenvalue weighted by Gasteiger charge is 2.13. The minimum Gasteiger partial charge on any atom is -0.379 e. The van der Waals surface area contributed by atoms with Crippen molar-refractivity contribution >= 4 is 12.4 Å². The fourth-order valence-corrected chi connectivity index (χ4v) is 3.06. The van der Waals surface area contributed by atoms with Gasteiger partial charge in [0.1, 0.15) is 0 Å². The van der Waals surface area contributed by atoms with Crippen molar-refractivity contribution in [3.63, 3.8) is 0 Å². The number of ether oxygens (including phenoxy) is 1. The Morgan fingerprint density at radius 3 is 2.21 bits per heavy atom. The van der Waals surface area contributed by atoms with Gasteiger partial charge in [0.15, 0.2) is 0 Å². The lowest BCUT2D eigenvalue weighted by Crippen LogP contribution is -2.41. The van der Waals surface area contributed by atoms with E-state index < -0.39 is 0 Å². The molecule has 4 heteroatoms. The minimum atomic E-state index is 0. The first-order chi connectivity index (χ1) is 11.4. The molecule has 1 atom stereocenters. The zero-order valence-corrected chi connectivity index (χ0v) is 14.9. The van der Waals surface area contributed by atoms with Crippen molar-refractivity contribution in [2.45, 2.75) is 12.5 Å². The van der Waals surface area contributed by atoms with Gasteiger partial charge in [0.05, 0.1) is 13.2 Å². The average Bonchev–Trinajstić information content (AvgIpc) is 2.63. The van der Waals surface area contributed by atoms with E-state index in [1.165, 1.54) is 11.1 Å². The Bertz CT molecular complexity index is 558. The van der Waals surface area contributed by atoms with E-state index in [9.17, 15) is 0 Å². The lowest BCUT2D eigenvalue weighted by atomic mass is 9.99. The lowest BCUT2D eigenvalue weighted by Gasteiger charge is -2.28. The van der Waals surface area contributed by atoms with Crippen molar-refractivity contribution in [1.82, 2.24) is 10.2 Å². The molecule has 1 fully saturated rings. The van der Waals surface area contributed by atoms with E-state index in [1.807, 2.05) is 0 Å². The second kappa shape index (κ2) is 10.5. The zero-order valence-electron chi connectivity index (χ0n) is 14.1. The SMILES string of the molecule is Cl.c1ccc(CC(NCCN2CCOCC2)c2ccccc2)cc1. The van der Waals surface area contributed by atoms with Gasteiger partial charge in [-0.1, -0.05) is 60.7 Å². The summed E-state index contributed by atoms with van der Waals surface area (Å²) in [6.07, 6.45) is 1.02. The van der Waals surface area contributed by atoms with Crippen molar-refractivity contribution in [3.8, 4) is 0 Å². The van der Waals surface area contributed by atoms with E-state index in [4.69, 9.17) is 4.74 Å². The molecule has 2 aromatic carbocycles. The Hall–Kier alpha value is -1.39. The van der Waals surface area contributed by atoms with E-state index in [2.05, 4.69) is 70.9 Å². The topological polar surface area (TPSA) is 24.5 Å². The van der Waals surface area contributed by atoms with Gasteiger partial charge in [-0.05, 0) is 17.5 Å². The molecule has 3 nitrogen and oxygen atoms in total. The molecule has 1 N–H and O–H groups in total. The van der Waals surface area contributed by atoms with Crippen LogP contribution in [-0.4, -0.2) is 44.3 Å². The Kier molecular flexibility index (Phi) is 8.26. The number of morpholine rings is 1. The molecule has 1 aliphatic heterocycles. The summed E-state index contributed by atoms with van der Waals surface area (Å²) in [7, 11) is 0. The first kappa shape index (κ1) is 18.9. The van der Waals surface area contributed by atoms with Crippen LogP contribution < -0.4 is 5.32 Å². The third-order valence-corrected chi connectivity index (χ3v) is 4.41. The molecule has 0 aromatic heterocycles. The quantitative estimate of drug-likeness (QED) is 0.832. The van der Waals surface area contributed by atoms with E-state index in [0.29, 0.717) is 6.04 Å². The molecule has 1 heterocycles. The maximum absolute atomic E-state index is 5.41. The van der Waals surface area contributed by atoms with Crippen LogP contribution in [0.5, 0.6) is 0 Å². The molecule has 1 saturated heterocycles. The van der Waals surface area contributed by atoms with Gasteiger partial charge in [-0.2, -0.15) is 0 Å². The first-order valence-electron chi connectivity index (χ1n) is 8.54. The summed E-state index contributed by atoms with van der Waals surface area (Å²) in [6, 6.07) is 21.8. The monoisotopic (exact) mass is 346 g/mol. The first-order valence-corrected chi connectivity index (χ1v) is 8.54. The maximum atomic E-state index is 5.41. The summed E-state index contributed by atoms with van der Waals surface area (Å²) in [6.45, 7) is 5.93. The van der Waals surface area contributed by atoms with E-state index >= 15 is 0 Å². The largest absolute Gasteiger partial charge is 0.379 e. The number of hydrogen-bond acceptors (Lipinski definition) is 3. The van der Waals surface area contributed by atoms with Gasteiger partial charge in [0.25, 0.3) is 0 Å². The maximum Gasteiger partial charge on any atom is 0.0594 e. The van der Waals surface area contributed by atoms with Crippen molar-refractivity contribution in [2.24, 2.45) is 0 Å². The van der Waals surface area contributed by atoms with Crippen molar-refractivity contribution < 1.29 is 4.74 Å². The van der Waals surface area contributed by atoms with Gasteiger partial charge in [-0.25, -0.2) is 0 Å². The molecular formula is C20H27ClN2O. The number of nitrogens with one attached hydrogen (secondary N) is 1. The number of rotatable bonds is 7. The molecule has 0 spiro atoms. The third-order valence-electron chi connectivity index (χ3n) is 4.41. The molecule has 1 aliphatic rings. The fourth-order valence-electron chi connectivity index (χ4n) is 3.06. The van der Waals surface area contributed by atoms with Crippen LogP contribution in [0, 0.1) is 0 Å². The highest BCUT2D eigenvalue weighted by atomic mass is 35.5. The van der Waals surface area contributed by atoms with Crippen molar-refractivity contribution in [3.05, 3.63) is 71.8 Å². The van der Waals surface area contributed by atoms with E-state index in [1.54, 1.807) is 0 Å². The number of halogens is 1. The summed E-state index contributed by atoms with van der Waals surface area (Å²) in [4.78, 5) is 2.47. The van der Waals surface area contributed by atoms with E-state index in [-0.39, 0.29) is 12.4 Å². The average molecular weight is 347 g/mol. The normalized spacial score (nSPS) is 16.3. The standard InChI is InChI=1S/C20H26N2O.ClH/c1-3-7-18(8-4-1)17-20(19-9-5-2-6-10-19)21-11-12-22-13-15-23-16-14-22;/h1-10,20-21H,11-17H2;1H. The molecule has 1 unspecified atom stereocenters. The van der Waals surface area contributed by atoms with Crippen LogP contribution in [0.4, 0.5) is 0 Å². The molecule has 0 aliphatic carbocycles. The summed E-state index contributed by atoms with van der Waals surface area (Å²) < 4.78 is 5.41. The number of hydrogen-bond donors (Lipinski definition) is 1. The Labute approximate surface area is 151 Å². The van der Waals surface area contributed by atoms with Crippen LogP contribution in [0.3, 0.4) is 0 Å². The molecule has 0 amide bonds. The molecule has 0 radical (unpaired) electrons. The van der Waals surface area contributed by atoms with Gasteiger partial charge < -0.3 is 10.1 Å². The molecule has 2 aromatic rings. The van der Waals surface area contributed by atoms with Crippen LogP contribution >= 0.6 is 12.4 Å². The Morgan fingerprint density at radius 1 is 0.917 bits per heavy atom. The Balaban J connectivity index is 0.00000208. The van der Waals surface area contributed by atoms with E-state index in [0.717, 1.165) is 45.8 Å². The van der Waals surface area contributed by atoms with Crippen LogP contribution in [-0.2, 0) is 11.2 Å². The summed E-state index contributed by atoms with van der Waals surface area (Å²) >= 11 is 0. The zero-order chi connectivity index (χ0) is 15.7. The molecular weight excluding hydrogens is 320 g/mol. The predicted molar refractivity (Wildman–Crippen MR) is 102 cm³/mol. The van der Waals surface area contributed by atoms with Crippen LogP contribution in [0.1, 0.15) is 17.2 Å². The van der Waals surface area contributed by atoms with Gasteiger partial charge in [0.2, 0.25) is 0 Å². The van der Waals surface area contributed by atoms with Crippen LogP contribution in [0.25, 0.3) is 0 Å². The number of nitrogens with zero attached hydrogens (tertiary/aromatic N) is 1. The van der Waals surface area contributed by atoms with Gasteiger partial charge >= 0.3 is 0 Å². The molecule has 24 heavy (non-hydrogen) atoms. The second-order valence-electron chi connectivity index (χ2n) is 6.06. The predicted octanol–water partition coefficient (Wildman–Crippen LogP) is 3.31. The lowest BCUT2D eigenvalue weighted by molar-refractivity contribution is 0.0381. The highest BCUT2D eigenvalue weighted by Crippen LogP contribution is 2.18. The van der Waals surface area contributed by atoms with Crippen LogP contribution in [0.15, 0.2) is 60.7 Å². The van der Waals surface area contributed by atoms with Gasteiger partial charge in [0, 0.05) is 32.2 Å². The van der Waals surface area contributed by atoms with Gasteiger partial charge in [-0.3, -0.25) is 4.90 Å². The fraction of sp³-hybridized carbons (Fsp3) is 0.400. The van der Waals surface area contributed by atoms with Crippen molar-refractivity contribution in [2.75, 3.05) is 39.4 Å².